The van der Waals surface area contributed by atoms with Crippen LogP contribution < -0.4 is 0 Å². The molecule has 0 saturated carbocycles. The van der Waals surface area contributed by atoms with Crippen LogP contribution in [0, 0.1) is 5.92 Å². The van der Waals surface area contributed by atoms with E-state index in [4.69, 9.17) is 0 Å². The maximum absolute atomic E-state index is 2.42. The van der Waals surface area contributed by atoms with Crippen molar-refractivity contribution in [1.29, 1.82) is 0 Å². The first-order chi connectivity index (χ1) is 6.27. The van der Waals surface area contributed by atoms with Crippen molar-refractivity contribution in [3.63, 3.8) is 0 Å². The molecule has 0 heterocycles. The van der Waals surface area contributed by atoms with Gasteiger partial charge in [-0.25, -0.2) is 0 Å². The summed E-state index contributed by atoms with van der Waals surface area (Å²) in [6, 6.07) is 0. The highest BCUT2D eigenvalue weighted by molar-refractivity contribution is 5.64. The summed E-state index contributed by atoms with van der Waals surface area (Å²) >= 11 is 0. The monoisotopic (exact) mass is 174 g/mol. The van der Waals surface area contributed by atoms with Crippen LogP contribution in [0.15, 0.2) is 34.4 Å². The van der Waals surface area contributed by atoms with Crippen LogP contribution in [-0.4, -0.2) is 0 Å². The zero-order valence-corrected chi connectivity index (χ0v) is 8.85. The second-order valence-electron chi connectivity index (χ2n) is 4.17. The number of hydrogen-bond donors (Lipinski definition) is 0. The van der Waals surface area contributed by atoms with E-state index in [2.05, 4.69) is 32.9 Å². The van der Waals surface area contributed by atoms with Crippen molar-refractivity contribution in [2.24, 2.45) is 5.92 Å². The Balaban J connectivity index is 2.26. The first-order valence-electron chi connectivity index (χ1n) is 5.38. The molecule has 70 valence electrons. The third kappa shape index (κ3) is 1.20. The molecule has 13 heavy (non-hydrogen) atoms. The molecule has 0 aromatic carbocycles. The summed E-state index contributed by atoms with van der Waals surface area (Å²) in [7, 11) is 0. The number of allylic oxidation sites excluding steroid dienone is 6. The lowest BCUT2D eigenvalue weighted by atomic mass is 9.78. The van der Waals surface area contributed by atoms with Gasteiger partial charge in [0.1, 0.15) is 0 Å². The highest BCUT2D eigenvalue weighted by atomic mass is 14.4. The van der Waals surface area contributed by atoms with E-state index in [-0.39, 0.29) is 0 Å². The van der Waals surface area contributed by atoms with E-state index in [1.54, 1.807) is 22.3 Å². The van der Waals surface area contributed by atoms with Crippen LogP contribution in [0.4, 0.5) is 0 Å². The van der Waals surface area contributed by atoms with Gasteiger partial charge in [-0.1, -0.05) is 32.4 Å². The van der Waals surface area contributed by atoms with Crippen molar-refractivity contribution in [3.05, 3.63) is 34.4 Å². The maximum Gasteiger partial charge on any atom is -0.0141 e. The average molecular weight is 174 g/mol. The summed E-state index contributed by atoms with van der Waals surface area (Å²) in [6.45, 7) is 6.76. The summed E-state index contributed by atoms with van der Waals surface area (Å²) in [5, 5.41) is 0. The van der Waals surface area contributed by atoms with Gasteiger partial charge in [-0.15, -0.1) is 0 Å². The number of hydrogen-bond acceptors (Lipinski definition) is 0. The molecule has 2 rings (SSSR count). The SMILES string of the molecule is C/C=C1/C(CCC)=CC2=C1C(C)C2. The Morgan fingerprint density at radius 3 is 2.85 bits per heavy atom. The summed E-state index contributed by atoms with van der Waals surface area (Å²) in [4.78, 5) is 0. The van der Waals surface area contributed by atoms with Crippen molar-refractivity contribution in [2.75, 3.05) is 0 Å². The van der Waals surface area contributed by atoms with Crippen LogP contribution in [-0.2, 0) is 0 Å². The molecule has 0 amide bonds. The first kappa shape index (κ1) is 8.80. The lowest BCUT2D eigenvalue weighted by Crippen LogP contribution is -2.12. The highest BCUT2D eigenvalue weighted by Gasteiger charge is 2.32. The Hall–Kier alpha value is -0.780. The predicted molar refractivity (Wildman–Crippen MR) is 57.6 cm³/mol. The fourth-order valence-corrected chi connectivity index (χ4v) is 2.58. The lowest BCUT2D eigenvalue weighted by molar-refractivity contribution is 0.616. The molecule has 1 atom stereocenters. The molecule has 0 radical (unpaired) electrons. The van der Waals surface area contributed by atoms with Crippen LogP contribution in [0.2, 0.25) is 0 Å². The molecule has 0 aromatic heterocycles. The van der Waals surface area contributed by atoms with E-state index in [0.29, 0.717) is 0 Å². The molecule has 0 fully saturated rings. The van der Waals surface area contributed by atoms with Gasteiger partial charge in [0.15, 0.2) is 0 Å². The van der Waals surface area contributed by atoms with Gasteiger partial charge in [0.05, 0.1) is 0 Å². The first-order valence-corrected chi connectivity index (χ1v) is 5.38. The Morgan fingerprint density at radius 2 is 2.31 bits per heavy atom. The lowest BCUT2D eigenvalue weighted by Gasteiger charge is -2.26. The molecule has 2 aliphatic carbocycles. The Bertz CT molecular complexity index is 313. The smallest absolute Gasteiger partial charge is 0.0141 e. The van der Waals surface area contributed by atoms with Gasteiger partial charge < -0.3 is 0 Å². The van der Waals surface area contributed by atoms with Gasteiger partial charge >= 0.3 is 0 Å². The third-order valence-corrected chi connectivity index (χ3v) is 3.16. The van der Waals surface area contributed by atoms with Crippen LogP contribution in [0.1, 0.15) is 40.0 Å². The molecule has 0 bridgehead atoms. The van der Waals surface area contributed by atoms with Gasteiger partial charge in [-0.05, 0) is 48.0 Å². The van der Waals surface area contributed by atoms with Crippen molar-refractivity contribution in [2.45, 2.75) is 40.0 Å². The summed E-state index contributed by atoms with van der Waals surface area (Å²) in [5.74, 6) is 0.812. The minimum absolute atomic E-state index is 0.812. The molecule has 0 N–H and O–H groups in total. The van der Waals surface area contributed by atoms with Gasteiger partial charge in [0.2, 0.25) is 0 Å². The molecular weight excluding hydrogens is 156 g/mol. The fourth-order valence-electron chi connectivity index (χ4n) is 2.58. The summed E-state index contributed by atoms with van der Waals surface area (Å²) in [5.41, 5.74) is 6.39. The minimum atomic E-state index is 0.812. The fraction of sp³-hybridized carbons (Fsp3) is 0.538. The van der Waals surface area contributed by atoms with Crippen molar-refractivity contribution < 1.29 is 0 Å². The summed E-state index contributed by atoms with van der Waals surface area (Å²) < 4.78 is 0. The second kappa shape index (κ2) is 3.17. The van der Waals surface area contributed by atoms with E-state index < -0.39 is 0 Å². The Morgan fingerprint density at radius 1 is 1.54 bits per heavy atom. The normalized spacial score (nSPS) is 29.0. The maximum atomic E-state index is 2.42. The Labute approximate surface area is 81.0 Å². The van der Waals surface area contributed by atoms with Gasteiger partial charge in [-0.2, -0.15) is 0 Å². The minimum Gasteiger partial charge on any atom is -0.0798 e. The van der Waals surface area contributed by atoms with Crippen molar-refractivity contribution >= 4 is 0 Å². The molecule has 1 unspecified atom stereocenters. The van der Waals surface area contributed by atoms with E-state index in [1.165, 1.54) is 19.3 Å². The molecule has 0 spiro atoms. The van der Waals surface area contributed by atoms with Crippen LogP contribution >= 0.6 is 0 Å². The Kier molecular flexibility index (Phi) is 2.15. The largest absolute Gasteiger partial charge is 0.0798 e. The van der Waals surface area contributed by atoms with Crippen LogP contribution in [0.3, 0.4) is 0 Å². The molecule has 0 saturated heterocycles. The van der Waals surface area contributed by atoms with Crippen molar-refractivity contribution in [1.82, 2.24) is 0 Å². The zero-order valence-electron chi connectivity index (χ0n) is 8.85. The van der Waals surface area contributed by atoms with E-state index in [9.17, 15) is 0 Å². The second-order valence-corrected chi connectivity index (χ2v) is 4.17. The van der Waals surface area contributed by atoms with E-state index >= 15 is 0 Å². The van der Waals surface area contributed by atoms with Gasteiger partial charge in [0, 0.05) is 0 Å². The number of rotatable bonds is 2. The van der Waals surface area contributed by atoms with Crippen LogP contribution in [0.5, 0.6) is 0 Å². The third-order valence-electron chi connectivity index (χ3n) is 3.16. The molecular formula is C13H18. The standard InChI is InChI=1S/C13H18/c1-4-6-10-8-11-7-9(3)13(11)12(10)5-2/h5,8-9H,4,6-7H2,1-3H3/b12-5-. The molecule has 0 aliphatic heterocycles. The summed E-state index contributed by atoms with van der Waals surface area (Å²) in [6.07, 6.45) is 8.53. The molecule has 0 aromatic rings. The molecule has 2 aliphatic rings. The highest BCUT2D eigenvalue weighted by Crippen LogP contribution is 2.48. The molecule has 0 heteroatoms. The van der Waals surface area contributed by atoms with Crippen molar-refractivity contribution in [3.8, 4) is 0 Å². The van der Waals surface area contributed by atoms with Crippen LogP contribution in [0.25, 0.3) is 0 Å². The predicted octanol–water partition coefficient (Wildman–Crippen LogP) is 4.01. The molecule has 0 nitrogen and oxygen atoms in total. The zero-order chi connectivity index (χ0) is 9.42. The van der Waals surface area contributed by atoms with Gasteiger partial charge in [-0.3, -0.25) is 0 Å². The van der Waals surface area contributed by atoms with E-state index in [0.717, 1.165) is 5.92 Å². The quantitative estimate of drug-likeness (QED) is 0.593. The van der Waals surface area contributed by atoms with E-state index in [1.807, 2.05) is 0 Å². The average Bonchev–Trinajstić information content (AvgIpc) is 2.38. The van der Waals surface area contributed by atoms with Gasteiger partial charge in [0.25, 0.3) is 0 Å². The topological polar surface area (TPSA) is 0 Å².